The number of allylic oxidation sites excluding steroid dienone is 1. The summed E-state index contributed by atoms with van der Waals surface area (Å²) in [6.07, 6.45) is 1.52. The van der Waals surface area contributed by atoms with Crippen LogP contribution in [0.15, 0.2) is 22.8 Å². The van der Waals surface area contributed by atoms with Crippen molar-refractivity contribution in [2.24, 2.45) is 0 Å². The predicted molar refractivity (Wildman–Crippen MR) is 75.3 cm³/mol. The number of nitrogens with zero attached hydrogens (tertiary/aromatic N) is 4. The summed E-state index contributed by atoms with van der Waals surface area (Å²) < 4.78 is 0.805. The quantitative estimate of drug-likeness (QED) is 0.839. The number of aromatic amines is 1. The van der Waals surface area contributed by atoms with Crippen molar-refractivity contribution in [3.63, 3.8) is 0 Å². The average molecular weight is 340 g/mol. The minimum atomic E-state index is 0.234. The van der Waals surface area contributed by atoms with Gasteiger partial charge in [-0.05, 0) is 45.8 Å². The van der Waals surface area contributed by atoms with E-state index in [2.05, 4.69) is 41.9 Å². The van der Waals surface area contributed by atoms with E-state index in [0.29, 0.717) is 5.02 Å². The van der Waals surface area contributed by atoms with Gasteiger partial charge in [0.15, 0.2) is 0 Å². The van der Waals surface area contributed by atoms with E-state index >= 15 is 0 Å². The van der Waals surface area contributed by atoms with Gasteiger partial charge in [0.05, 0.1) is 5.69 Å². The average Bonchev–Trinajstić information content (AvgIpc) is 2.86. The van der Waals surface area contributed by atoms with Crippen LogP contribution >= 0.6 is 27.5 Å². The number of nitriles is 1. The van der Waals surface area contributed by atoms with Crippen LogP contribution in [0, 0.1) is 18.3 Å². The van der Waals surface area contributed by atoms with Gasteiger partial charge in [0.1, 0.15) is 11.6 Å². The maximum Gasteiger partial charge on any atom is 0.216 e. The molecule has 0 radical (unpaired) electrons. The monoisotopic (exact) mass is 338 g/mol. The van der Waals surface area contributed by atoms with Crippen LogP contribution in [0.1, 0.15) is 11.4 Å². The zero-order valence-electron chi connectivity index (χ0n) is 9.78. The number of aryl methyl sites for hydroxylation is 1. The van der Waals surface area contributed by atoms with Crippen molar-refractivity contribution in [3.8, 4) is 6.07 Å². The lowest BCUT2D eigenvalue weighted by Crippen LogP contribution is -1.96. The molecule has 96 valence electrons. The van der Waals surface area contributed by atoms with Gasteiger partial charge in [0.25, 0.3) is 0 Å². The second kappa shape index (κ2) is 5.82. The number of tetrazole rings is 1. The number of hydrogen-bond acceptors (Lipinski definition) is 5. The zero-order chi connectivity index (χ0) is 13.8. The third-order valence-electron chi connectivity index (χ3n) is 2.32. The number of aromatic nitrogens is 4. The first-order valence-electron chi connectivity index (χ1n) is 5.18. The fourth-order valence-electron chi connectivity index (χ4n) is 1.45. The molecule has 0 atom stereocenters. The molecule has 0 saturated heterocycles. The van der Waals surface area contributed by atoms with Crippen LogP contribution in [0.2, 0.25) is 5.02 Å². The Bertz CT molecular complexity index is 635. The standard InChI is InChI=1S/C11H8BrClN6/c1-6-2-8(13)3-9(12)10(6)15-5-7(4-14)11-16-18-19-17-11/h2-3,5,15H,1H3,(H,16,17,18,19). The van der Waals surface area contributed by atoms with Gasteiger partial charge >= 0.3 is 0 Å². The molecule has 2 rings (SSSR count). The van der Waals surface area contributed by atoms with Gasteiger partial charge in [-0.1, -0.05) is 11.6 Å². The lowest BCUT2D eigenvalue weighted by atomic mass is 10.2. The Labute approximate surface area is 122 Å². The Morgan fingerprint density at radius 3 is 2.95 bits per heavy atom. The summed E-state index contributed by atoms with van der Waals surface area (Å²) in [5.74, 6) is 0.234. The molecule has 0 fully saturated rings. The molecule has 0 spiro atoms. The van der Waals surface area contributed by atoms with E-state index in [1.165, 1.54) is 6.20 Å². The minimum Gasteiger partial charge on any atom is -0.359 e. The molecular formula is C11H8BrClN6. The van der Waals surface area contributed by atoms with Gasteiger partial charge in [-0.2, -0.15) is 10.5 Å². The number of rotatable bonds is 3. The normalized spacial score (nSPS) is 11.2. The summed E-state index contributed by atoms with van der Waals surface area (Å²) in [7, 11) is 0. The van der Waals surface area contributed by atoms with Crippen LogP contribution in [0.4, 0.5) is 5.69 Å². The van der Waals surface area contributed by atoms with Gasteiger partial charge < -0.3 is 5.32 Å². The van der Waals surface area contributed by atoms with Crippen LogP contribution in [-0.2, 0) is 0 Å². The Morgan fingerprint density at radius 1 is 1.58 bits per heavy atom. The molecule has 0 bridgehead atoms. The fourth-order valence-corrected chi connectivity index (χ4v) is 2.53. The van der Waals surface area contributed by atoms with Gasteiger partial charge in [0.2, 0.25) is 5.82 Å². The van der Waals surface area contributed by atoms with Crippen LogP contribution in [-0.4, -0.2) is 20.6 Å². The summed E-state index contributed by atoms with van der Waals surface area (Å²) >= 11 is 9.35. The highest BCUT2D eigenvalue weighted by Gasteiger charge is 2.08. The Morgan fingerprint density at radius 2 is 2.37 bits per heavy atom. The molecule has 1 aromatic carbocycles. The largest absolute Gasteiger partial charge is 0.359 e. The number of nitrogens with one attached hydrogen (secondary N) is 2. The molecule has 2 N–H and O–H groups in total. The van der Waals surface area contributed by atoms with E-state index in [0.717, 1.165) is 15.7 Å². The highest BCUT2D eigenvalue weighted by atomic mass is 79.9. The lowest BCUT2D eigenvalue weighted by Gasteiger charge is -2.09. The summed E-state index contributed by atoms with van der Waals surface area (Å²) in [4.78, 5) is 0. The van der Waals surface area contributed by atoms with Gasteiger partial charge in [0, 0.05) is 15.7 Å². The molecule has 0 unspecified atom stereocenters. The summed E-state index contributed by atoms with van der Waals surface area (Å²) in [5.41, 5.74) is 2.04. The minimum absolute atomic E-state index is 0.234. The molecule has 6 nitrogen and oxygen atoms in total. The maximum atomic E-state index is 9.05. The van der Waals surface area contributed by atoms with Crippen LogP contribution in [0.25, 0.3) is 5.57 Å². The van der Waals surface area contributed by atoms with Crippen molar-refractivity contribution in [1.29, 1.82) is 5.26 Å². The Hall–Kier alpha value is -1.91. The van der Waals surface area contributed by atoms with E-state index in [4.69, 9.17) is 16.9 Å². The molecule has 0 saturated carbocycles. The van der Waals surface area contributed by atoms with Gasteiger partial charge in [-0.15, -0.1) is 10.2 Å². The van der Waals surface area contributed by atoms with E-state index in [1.54, 1.807) is 6.07 Å². The highest BCUT2D eigenvalue weighted by Crippen LogP contribution is 2.30. The molecule has 0 aliphatic carbocycles. The molecule has 8 heteroatoms. The van der Waals surface area contributed by atoms with Crippen LogP contribution in [0.3, 0.4) is 0 Å². The molecule has 1 aromatic heterocycles. The van der Waals surface area contributed by atoms with Gasteiger partial charge in [-0.25, -0.2) is 0 Å². The first-order valence-corrected chi connectivity index (χ1v) is 6.35. The van der Waals surface area contributed by atoms with Crippen molar-refractivity contribution in [2.45, 2.75) is 6.92 Å². The predicted octanol–water partition coefficient (Wildman–Crippen LogP) is 2.90. The third kappa shape index (κ3) is 3.10. The molecule has 2 aromatic rings. The molecule has 0 aliphatic rings. The van der Waals surface area contributed by atoms with Crippen LogP contribution < -0.4 is 5.32 Å². The van der Waals surface area contributed by atoms with E-state index < -0.39 is 0 Å². The summed E-state index contributed by atoms with van der Waals surface area (Å²) in [6.45, 7) is 1.91. The number of H-pyrrole nitrogens is 1. The van der Waals surface area contributed by atoms with Crippen molar-refractivity contribution >= 4 is 38.8 Å². The van der Waals surface area contributed by atoms with Crippen LogP contribution in [0.5, 0.6) is 0 Å². The second-order valence-electron chi connectivity index (χ2n) is 3.63. The number of hydrogen-bond donors (Lipinski definition) is 2. The van der Waals surface area contributed by atoms with Crippen molar-refractivity contribution in [2.75, 3.05) is 5.32 Å². The number of halogens is 2. The highest BCUT2D eigenvalue weighted by molar-refractivity contribution is 9.10. The van der Waals surface area contributed by atoms with E-state index in [9.17, 15) is 0 Å². The van der Waals surface area contributed by atoms with Crippen molar-refractivity contribution < 1.29 is 0 Å². The summed E-state index contributed by atoms with van der Waals surface area (Å²) in [6, 6.07) is 5.59. The third-order valence-corrected chi connectivity index (χ3v) is 3.16. The smallest absolute Gasteiger partial charge is 0.216 e. The first-order chi connectivity index (χ1) is 9.11. The zero-order valence-corrected chi connectivity index (χ0v) is 12.1. The molecule has 1 heterocycles. The first kappa shape index (κ1) is 13.5. The van der Waals surface area contributed by atoms with Gasteiger partial charge in [-0.3, -0.25) is 0 Å². The number of anilines is 1. The molecule has 0 amide bonds. The Kier molecular flexibility index (Phi) is 4.14. The topological polar surface area (TPSA) is 90.3 Å². The van der Waals surface area contributed by atoms with Crippen molar-refractivity contribution in [1.82, 2.24) is 20.6 Å². The number of benzene rings is 1. The SMILES string of the molecule is Cc1cc(Cl)cc(Br)c1NC=C(C#N)c1nn[nH]n1. The summed E-state index contributed by atoms with van der Waals surface area (Å²) in [5, 5.41) is 25.9. The molecule has 0 aliphatic heterocycles. The van der Waals surface area contributed by atoms with Crippen molar-refractivity contribution in [3.05, 3.63) is 39.2 Å². The second-order valence-corrected chi connectivity index (χ2v) is 4.92. The lowest BCUT2D eigenvalue weighted by molar-refractivity contribution is 0.881. The fraction of sp³-hybridized carbons (Fsp3) is 0.0909. The van der Waals surface area contributed by atoms with E-state index in [-0.39, 0.29) is 11.4 Å². The maximum absolute atomic E-state index is 9.05. The molecular weight excluding hydrogens is 332 g/mol. The van der Waals surface area contributed by atoms with E-state index in [1.807, 2.05) is 19.1 Å². The Balaban J connectivity index is 2.30. The molecule has 19 heavy (non-hydrogen) atoms.